The predicted molar refractivity (Wildman–Crippen MR) is 112 cm³/mol. The van der Waals surface area contributed by atoms with E-state index in [1.54, 1.807) is 49.6 Å². The fraction of sp³-hybridized carbons (Fsp3) is 0.130. The Labute approximate surface area is 173 Å². The third-order valence-corrected chi connectivity index (χ3v) is 5.29. The van der Waals surface area contributed by atoms with Crippen LogP contribution in [0, 0.1) is 0 Å². The minimum absolute atomic E-state index is 0.244. The summed E-state index contributed by atoms with van der Waals surface area (Å²) >= 11 is 6.35. The Morgan fingerprint density at radius 2 is 1.72 bits per heavy atom. The first-order valence-electron chi connectivity index (χ1n) is 9.18. The fourth-order valence-electron chi connectivity index (χ4n) is 3.60. The van der Waals surface area contributed by atoms with Gasteiger partial charge in [0, 0.05) is 17.7 Å². The van der Waals surface area contributed by atoms with Crippen molar-refractivity contribution in [3.63, 3.8) is 0 Å². The molecule has 0 aromatic heterocycles. The summed E-state index contributed by atoms with van der Waals surface area (Å²) in [6.45, 7) is 0.284. The molecule has 0 saturated heterocycles. The first-order valence-corrected chi connectivity index (χ1v) is 9.56. The Kier molecular flexibility index (Phi) is 5.23. The smallest absolute Gasteiger partial charge is 0.259 e. The van der Waals surface area contributed by atoms with Crippen molar-refractivity contribution >= 4 is 29.1 Å². The molecule has 1 unspecified atom stereocenters. The van der Waals surface area contributed by atoms with Gasteiger partial charge in [0.1, 0.15) is 11.8 Å². The number of rotatable bonds is 5. The molecular formula is C23H19ClN2O3. The molecule has 146 valence electrons. The molecule has 2 amide bonds. The van der Waals surface area contributed by atoms with Crippen LogP contribution < -0.4 is 15.0 Å². The monoisotopic (exact) mass is 406 g/mol. The molecule has 3 aromatic carbocycles. The average molecular weight is 407 g/mol. The minimum Gasteiger partial charge on any atom is -0.496 e. The maximum Gasteiger partial charge on any atom is 0.259 e. The number of nitrogens with zero attached hydrogens (tertiary/aromatic N) is 1. The molecule has 29 heavy (non-hydrogen) atoms. The third kappa shape index (κ3) is 3.45. The summed E-state index contributed by atoms with van der Waals surface area (Å²) in [6.07, 6.45) is 0. The molecule has 3 aromatic rings. The number of carbonyl (C=O) groups excluding carboxylic acids is 2. The number of anilines is 1. The highest BCUT2D eigenvalue weighted by molar-refractivity contribution is 6.34. The van der Waals surface area contributed by atoms with Crippen molar-refractivity contribution in [1.29, 1.82) is 0 Å². The van der Waals surface area contributed by atoms with Gasteiger partial charge in [-0.05, 0) is 29.8 Å². The number of carbonyl (C=O) groups is 2. The summed E-state index contributed by atoms with van der Waals surface area (Å²) < 4.78 is 5.35. The van der Waals surface area contributed by atoms with Gasteiger partial charge in [0.15, 0.2) is 0 Å². The van der Waals surface area contributed by atoms with E-state index in [-0.39, 0.29) is 18.4 Å². The molecule has 0 spiro atoms. The number of fused-ring (bicyclic) bond motifs is 1. The highest BCUT2D eigenvalue weighted by Crippen LogP contribution is 2.40. The van der Waals surface area contributed by atoms with Gasteiger partial charge in [0.25, 0.3) is 5.91 Å². The van der Waals surface area contributed by atoms with Crippen LogP contribution in [0.5, 0.6) is 5.75 Å². The van der Waals surface area contributed by atoms with E-state index >= 15 is 0 Å². The molecular weight excluding hydrogens is 388 g/mol. The largest absolute Gasteiger partial charge is 0.496 e. The fourth-order valence-corrected chi connectivity index (χ4v) is 3.83. The second-order valence-electron chi connectivity index (χ2n) is 6.65. The molecule has 4 rings (SSSR count). The Morgan fingerprint density at radius 3 is 2.52 bits per heavy atom. The van der Waals surface area contributed by atoms with Gasteiger partial charge in [-0.3, -0.25) is 14.5 Å². The van der Waals surface area contributed by atoms with Gasteiger partial charge in [-0.15, -0.1) is 0 Å². The number of hydrogen-bond donors (Lipinski definition) is 1. The summed E-state index contributed by atoms with van der Waals surface area (Å²) in [6, 6.07) is 20.9. The predicted octanol–water partition coefficient (Wildman–Crippen LogP) is 4.37. The van der Waals surface area contributed by atoms with Gasteiger partial charge in [-0.1, -0.05) is 60.1 Å². The second kappa shape index (κ2) is 7.97. The number of benzene rings is 3. The number of halogens is 1. The molecule has 6 heteroatoms. The average Bonchev–Trinajstić information content (AvgIpc) is 3.05. The minimum atomic E-state index is -0.798. The van der Waals surface area contributed by atoms with Gasteiger partial charge < -0.3 is 10.1 Å². The molecule has 1 N–H and O–H groups in total. The summed E-state index contributed by atoms with van der Waals surface area (Å²) in [5.41, 5.74) is 2.53. The Morgan fingerprint density at radius 1 is 1.03 bits per heavy atom. The molecule has 0 saturated carbocycles. The third-order valence-electron chi connectivity index (χ3n) is 4.97. The van der Waals surface area contributed by atoms with Crippen LogP contribution in [0.25, 0.3) is 0 Å². The van der Waals surface area contributed by atoms with E-state index in [1.165, 1.54) is 4.90 Å². The van der Waals surface area contributed by atoms with E-state index in [4.69, 9.17) is 16.3 Å². The van der Waals surface area contributed by atoms with E-state index < -0.39 is 6.04 Å². The van der Waals surface area contributed by atoms with Gasteiger partial charge in [0.05, 0.1) is 17.8 Å². The van der Waals surface area contributed by atoms with Gasteiger partial charge in [-0.2, -0.15) is 0 Å². The summed E-state index contributed by atoms with van der Waals surface area (Å²) in [5, 5.41) is 3.35. The van der Waals surface area contributed by atoms with Crippen molar-refractivity contribution in [2.75, 3.05) is 12.0 Å². The highest BCUT2D eigenvalue weighted by Gasteiger charge is 2.42. The molecule has 5 nitrogen and oxygen atoms in total. The zero-order valence-electron chi connectivity index (χ0n) is 15.8. The molecule has 0 fully saturated rings. The molecule has 1 aliphatic rings. The van der Waals surface area contributed by atoms with Crippen molar-refractivity contribution in [3.05, 3.63) is 94.5 Å². The zero-order chi connectivity index (χ0) is 20.4. The first kappa shape index (κ1) is 19.0. The van der Waals surface area contributed by atoms with Crippen molar-refractivity contribution in [2.24, 2.45) is 0 Å². The number of nitrogens with one attached hydrogen (secondary N) is 1. The van der Waals surface area contributed by atoms with Crippen LogP contribution in [0.1, 0.15) is 27.5 Å². The van der Waals surface area contributed by atoms with Crippen molar-refractivity contribution < 1.29 is 14.3 Å². The van der Waals surface area contributed by atoms with Crippen LogP contribution in [0.15, 0.2) is 72.8 Å². The Balaban J connectivity index is 1.68. The van der Waals surface area contributed by atoms with E-state index in [0.29, 0.717) is 27.6 Å². The number of para-hydroxylation sites is 2. The zero-order valence-corrected chi connectivity index (χ0v) is 16.5. The number of amides is 2. The Hall–Kier alpha value is -3.31. The standard InChI is InChI=1S/C23H19ClN2O3/c1-29-20-13-7-2-8-15(20)14-25-22(27)21-16-9-3-4-10-17(16)23(28)26(21)19-12-6-5-11-18(19)24/h2-13,21H,14H2,1H3,(H,25,27). The van der Waals surface area contributed by atoms with Crippen LogP contribution in [0.2, 0.25) is 5.02 Å². The van der Waals surface area contributed by atoms with Crippen molar-refractivity contribution in [2.45, 2.75) is 12.6 Å². The maximum absolute atomic E-state index is 13.2. The van der Waals surface area contributed by atoms with Crippen LogP contribution in [-0.4, -0.2) is 18.9 Å². The maximum atomic E-state index is 13.2. The van der Waals surface area contributed by atoms with E-state index in [2.05, 4.69) is 5.32 Å². The van der Waals surface area contributed by atoms with Gasteiger partial charge in [-0.25, -0.2) is 0 Å². The number of methoxy groups -OCH3 is 1. The van der Waals surface area contributed by atoms with Crippen LogP contribution in [0.4, 0.5) is 5.69 Å². The molecule has 0 bridgehead atoms. The van der Waals surface area contributed by atoms with Crippen molar-refractivity contribution in [3.8, 4) is 5.75 Å². The number of hydrogen-bond acceptors (Lipinski definition) is 3. The highest BCUT2D eigenvalue weighted by atomic mass is 35.5. The lowest BCUT2D eigenvalue weighted by Crippen LogP contribution is -2.39. The number of ether oxygens (including phenoxy) is 1. The lowest BCUT2D eigenvalue weighted by Gasteiger charge is -2.25. The van der Waals surface area contributed by atoms with Crippen molar-refractivity contribution in [1.82, 2.24) is 5.32 Å². The molecule has 0 radical (unpaired) electrons. The first-order chi connectivity index (χ1) is 14.1. The van der Waals surface area contributed by atoms with Crippen LogP contribution in [-0.2, 0) is 11.3 Å². The SMILES string of the molecule is COc1ccccc1CNC(=O)C1c2ccccc2C(=O)N1c1ccccc1Cl. The molecule has 1 heterocycles. The van der Waals surface area contributed by atoms with Crippen LogP contribution in [0.3, 0.4) is 0 Å². The van der Waals surface area contributed by atoms with Gasteiger partial charge in [0.2, 0.25) is 5.91 Å². The summed E-state index contributed by atoms with van der Waals surface area (Å²) in [7, 11) is 1.59. The summed E-state index contributed by atoms with van der Waals surface area (Å²) in [4.78, 5) is 27.8. The van der Waals surface area contributed by atoms with Gasteiger partial charge >= 0.3 is 0 Å². The molecule has 1 atom stereocenters. The topological polar surface area (TPSA) is 58.6 Å². The lowest BCUT2D eigenvalue weighted by molar-refractivity contribution is -0.122. The normalized spacial score (nSPS) is 15.2. The van der Waals surface area contributed by atoms with E-state index in [1.807, 2.05) is 30.3 Å². The molecule has 0 aliphatic carbocycles. The molecule has 1 aliphatic heterocycles. The summed E-state index contributed by atoms with van der Waals surface area (Å²) in [5.74, 6) is 0.166. The quantitative estimate of drug-likeness (QED) is 0.684. The Bertz CT molecular complexity index is 1080. The van der Waals surface area contributed by atoms with E-state index in [0.717, 1.165) is 5.56 Å². The lowest BCUT2D eigenvalue weighted by atomic mass is 10.0. The van der Waals surface area contributed by atoms with E-state index in [9.17, 15) is 9.59 Å². The second-order valence-corrected chi connectivity index (χ2v) is 7.05. The van der Waals surface area contributed by atoms with Crippen LogP contribution >= 0.6 is 11.6 Å².